The molecule has 0 aliphatic carbocycles. The summed E-state index contributed by atoms with van der Waals surface area (Å²) in [6.07, 6.45) is 3.77. The maximum atomic E-state index is 4.38. The quantitative estimate of drug-likeness (QED) is 0.242. The number of hydrogen-bond donors (Lipinski definition) is 2. The van der Waals surface area contributed by atoms with Gasteiger partial charge in [0, 0.05) is 58.0 Å². The van der Waals surface area contributed by atoms with Crippen molar-refractivity contribution in [3.05, 3.63) is 30.3 Å². The molecule has 2 heterocycles. The van der Waals surface area contributed by atoms with E-state index in [0.29, 0.717) is 6.04 Å². The molecule has 0 spiro atoms. The predicted octanol–water partition coefficient (Wildman–Crippen LogP) is 2.47. The SMILES string of the molecule is CCN1CCCC1CNC(=NC)NCCCN1CCN(c2ccccc2)CC1.I. The minimum atomic E-state index is 0. The highest BCUT2D eigenvalue weighted by Crippen LogP contribution is 2.16. The van der Waals surface area contributed by atoms with Crippen LogP contribution in [0.25, 0.3) is 0 Å². The lowest BCUT2D eigenvalue weighted by Crippen LogP contribution is -2.47. The zero-order valence-electron chi connectivity index (χ0n) is 18.1. The van der Waals surface area contributed by atoms with Gasteiger partial charge in [-0.2, -0.15) is 0 Å². The molecule has 2 aliphatic rings. The van der Waals surface area contributed by atoms with Crippen LogP contribution >= 0.6 is 24.0 Å². The Morgan fingerprint density at radius 1 is 1.07 bits per heavy atom. The number of hydrogen-bond acceptors (Lipinski definition) is 4. The fourth-order valence-corrected chi connectivity index (χ4v) is 4.36. The summed E-state index contributed by atoms with van der Waals surface area (Å²) in [4.78, 5) is 12.0. The van der Waals surface area contributed by atoms with Gasteiger partial charge in [-0.15, -0.1) is 24.0 Å². The number of halogens is 1. The van der Waals surface area contributed by atoms with Crippen LogP contribution in [0, 0.1) is 0 Å². The molecule has 1 aromatic carbocycles. The maximum Gasteiger partial charge on any atom is 0.191 e. The Hall–Kier alpha value is -1.06. The van der Waals surface area contributed by atoms with Crippen LogP contribution in [-0.2, 0) is 0 Å². The minimum Gasteiger partial charge on any atom is -0.369 e. The zero-order valence-corrected chi connectivity index (χ0v) is 20.5. The van der Waals surface area contributed by atoms with Gasteiger partial charge in [0.05, 0.1) is 0 Å². The highest BCUT2D eigenvalue weighted by molar-refractivity contribution is 14.0. The second-order valence-electron chi connectivity index (χ2n) is 7.82. The van der Waals surface area contributed by atoms with Gasteiger partial charge >= 0.3 is 0 Å². The third kappa shape index (κ3) is 7.61. The Bertz CT molecular complexity index is 588. The fourth-order valence-electron chi connectivity index (χ4n) is 4.36. The number of anilines is 1. The minimum absolute atomic E-state index is 0. The van der Waals surface area contributed by atoms with Crippen LogP contribution in [0.2, 0.25) is 0 Å². The van der Waals surface area contributed by atoms with Crippen LogP contribution in [-0.4, -0.2) is 87.8 Å². The molecule has 1 unspecified atom stereocenters. The first-order chi connectivity index (χ1) is 13.8. The van der Waals surface area contributed by atoms with Crippen molar-refractivity contribution in [2.24, 2.45) is 4.99 Å². The molecule has 0 radical (unpaired) electrons. The Balaban J connectivity index is 0.00000300. The molecule has 6 nitrogen and oxygen atoms in total. The molecule has 2 aliphatic heterocycles. The molecule has 1 atom stereocenters. The Kier molecular flexibility index (Phi) is 11.1. The number of benzene rings is 1. The van der Waals surface area contributed by atoms with Crippen molar-refractivity contribution in [2.45, 2.75) is 32.2 Å². The number of likely N-dealkylation sites (N-methyl/N-ethyl adjacent to an activating group) is 1. The smallest absolute Gasteiger partial charge is 0.191 e. The van der Waals surface area contributed by atoms with Crippen LogP contribution in [0.4, 0.5) is 5.69 Å². The van der Waals surface area contributed by atoms with Crippen molar-refractivity contribution in [1.29, 1.82) is 0 Å². The van der Waals surface area contributed by atoms with Gasteiger partial charge in [-0.1, -0.05) is 25.1 Å². The van der Waals surface area contributed by atoms with Crippen molar-refractivity contribution in [2.75, 3.05) is 70.9 Å². The van der Waals surface area contributed by atoms with E-state index in [-0.39, 0.29) is 24.0 Å². The number of piperazine rings is 1. The van der Waals surface area contributed by atoms with Crippen molar-refractivity contribution in [3.8, 4) is 0 Å². The molecule has 7 heteroatoms. The average Bonchev–Trinajstić information content (AvgIpc) is 3.22. The number of guanidine groups is 1. The monoisotopic (exact) mass is 514 g/mol. The van der Waals surface area contributed by atoms with E-state index >= 15 is 0 Å². The van der Waals surface area contributed by atoms with E-state index in [1.807, 2.05) is 7.05 Å². The summed E-state index contributed by atoms with van der Waals surface area (Å²) in [6, 6.07) is 11.4. The first-order valence-corrected chi connectivity index (χ1v) is 11.0. The standard InChI is InChI=1S/C22H38N6.HI/c1-3-27-14-7-11-21(27)19-25-22(23-2)24-12-8-13-26-15-17-28(18-16-26)20-9-5-4-6-10-20;/h4-6,9-10,21H,3,7-8,11-19H2,1-2H3,(H2,23,24,25);1H. The van der Waals surface area contributed by atoms with Crippen molar-refractivity contribution < 1.29 is 0 Å². The summed E-state index contributed by atoms with van der Waals surface area (Å²) >= 11 is 0. The lowest BCUT2D eigenvalue weighted by atomic mass is 10.2. The molecular formula is C22H39IN6. The summed E-state index contributed by atoms with van der Waals surface area (Å²) in [5.41, 5.74) is 1.35. The van der Waals surface area contributed by atoms with E-state index in [2.05, 4.69) is 67.6 Å². The Labute approximate surface area is 194 Å². The van der Waals surface area contributed by atoms with E-state index in [0.717, 1.165) is 64.7 Å². The van der Waals surface area contributed by atoms with Crippen LogP contribution in [0.1, 0.15) is 26.2 Å². The predicted molar refractivity (Wildman–Crippen MR) is 135 cm³/mol. The molecule has 2 N–H and O–H groups in total. The fraction of sp³-hybridized carbons (Fsp3) is 0.682. The topological polar surface area (TPSA) is 46.1 Å². The van der Waals surface area contributed by atoms with Gasteiger partial charge in [0.15, 0.2) is 5.96 Å². The zero-order chi connectivity index (χ0) is 19.6. The molecule has 2 fully saturated rings. The molecule has 0 bridgehead atoms. The molecule has 0 amide bonds. The number of aliphatic imine (C=N–C) groups is 1. The van der Waals surface area contributed by atoms with Gasteiger partial charge < -0.3 is 15.5 Å². The third-order valence-electron chi connectivity index (χ3n) is 6.07. The van der Waals surface area contributed by atoms with E-state index in [1.165, 1.54) is 25.1 Å². The average molecular weight is 515 g/mol. The van der Waals surface area contributed by atoms with Gasteiger partial charge in [0.1, 0.15) is 0 Å². The van der Waals surface area contributed by atoms with E-state index in [1.54, 1.807) is 0 Å². The third-order valence-corrected chi connectivity index (χ3v) is 6.07. The summed E-state index contributed by atoms with van der Waals surface area (Å²) in [5, 5.41) is 7.00. The number of nitrogens with one attached hydrogen (secondary N) is 2. The molecule has 0 aromatic heterocycles. The first kappa shape index (κ1) is 24.2. The second kappa shape index (κ2) is 13.3. The van der Waals surface area contributed by atoms with Crippen LogP contribution in [0.15, 0.2) is 35.3 Å². The molecular weight excluding hydrogens is 475 g/mol. The first-order valence-electron chi connectivity index (χ1n) is 11.0. The largest absolute Gasteiger partial charge is 0.369 e. The lowest BCUT2D eigenvalue weighted by molar-refractivity contribution is 0.255. The summed E-state index contributed by atoms with van der Waals surface area (Å²) < 4.78 is 0. The van der Waals surface area contributed by atoms with Crippen LogP contribution in [0.3, 0.4) is 0 Å². The molecule has 0 saturated carbocycles. The van der Waals surface area contributed by atoms with Crippen LogP contribution < -0.4 is 15.5 Å². The van der Waals surface area contributed by atoms with Crippen molar-refractivity contribution >= 4 is 35.6 Å². The van der Waals surface area contributed by atoms with Crippen LogP contribution in [0.5, 0.6) is 0 Å². The molecule has 1 aromatic rings. The Morgan fingerprint density at radius 3 is 2.52 bits per heavy atom. The van der Waals surface area contributed by atoms with Gasteiger partial charge in [-0.05, 0) is 51.0 Å². The summed E-state index contributed by atoms with van der Waals surface area (Å²) in [6.45, 7) is 12.3. The van der Waals surface area contributed by atoms with Gasteiger partial charge in [-0.3, -0.25) is 14.8 Å². The highest BCUT2D eigenvalue weighted by Gasteiger charge is 2.22. The summed E-state index contributed by atoms with van der Waals surface area (Å²) in [5.74, 6) is 0.942. The van der Waals surface area contributed by atoms with E-state index in [9.17, 15) is 0 Å². The lowest BCUT2D eigenvalue weighted by Gasteiger charge is -2.36. The number of rotatable bonds is 8. The Morgan fingerprint density at radius 2 is 1.83 bits per heavy atom. The second-order valence-corrected chi connectivity index (χ2v) is 7.82. The van der Waals surface area contributed by atoms with Gasteiger partial charge in [0.2, 0.25) is 0 Å². The molecule has 29 heavy (non-hydrogen) atoms. The van der Waals surface area contributed by atoms with Crippen molar-refractivity contribution in [3.63, 3.8) is 0 Å². The summed E-state index contributed by atoms with van der Waals surface area (Å²) in [7, 11) is 1.87. The normalized spacial score (nSPS) is 21.1. The number of nitrogens with zero attached hydrogens (tertiary/aromatic N) is 4. The number of likely N-dealkylation sites (tertiary alicyclic amines) is 1. The maximum absolute atomic E-state index is 4.38. The molecule has 164 valence electrons. The number of para-hydroxylation sites is 1. The van der Waals surface area contributed by atoms with E-state index < -0.39 is 0 Å². The van der Waals surface area contributed by atoms with Gasteiger partial charge in [0.25, 0.3) is 0 Å². The molecule has 3 rings (SSSR count). The van der Waals surface area contributed by atoms with Crippen molar-refractivity contribution in [1.82, 2.24) is 20.4 Å². The highest BCUT2D eigenvalue weighted by atomic mass is 127. The van der Waals surface area contributed by atoms with E-state index in [4.69, 9.17) is 0 Å². The van der Waals surface area contributed by atoms with Gasteiger partial charge in [-0.25, -0.2) is 0 Å². The molecule has 2 saturated heterocycles.